The molecule has 6 nitrogen and oxygen atoms in total. The number of nitrogens with zero attached hydrogens (tertiary/aromatic N) is 1. The quantitative estimate of drug-likeness (QED) is 0.814. The summed E-state index contributed by atoms with van der Waals surface area (Å²) in [6.45, 7) is 1.29. The lowest BCUT2D eigenvalue weighted by atomic mass is 9.69. The van der Waals surface area contributed by atoms with Gasteiger partial charge in [-0.2, -0.15) is 0 Å². The summed E-state index contributed by atoms with van der Waals surface area (Å²) in [4.78, 5) is 25.5. The lowest BCUT2D eigenvalue weighted by molar-refractivity contribution is 0.110. The fraction of sp³-hybridized carbons (Fsp3) is 0.889. The summed E-state index contributed by atoms with van der Waals surface area (Å²) in [5.74, 6) is 1.73. The molecule has 1 aliphatic heterocycles. The van der Waals surface area contributed by atoms with Gasteiger partial charge in [0.1, 0.15) is 0 Å². The van der Waals surface area contributed by atoms with Crippen LogP contribution in [-0.4, -0.2) is 49.3 Å². The number of carbonyl (C=O) groups excluding carboxylic acids is 2. The zero-order valence-electron chi connectivity index (χ0n) is 14.8. The zero-order valence-corrected chi connectivity index (χ0v) is 14.8. The van der Waals surface area contributed by atoms with Crippen molar-refractivity contribution < 1.29 is 14.3 Å². The van der Waals surface area contributed by atoms with Crippen LogP contribution in [0.3, 0.4) is 0 Å². The van der Waals surface area contributed by atoms with Crippen molar-refractivity contribution in [3.8, 4) is 0 Å². The van der Waals surface area contributed by atoms with Gasteiger partial charge in [-0.3, -0.25) is 0 Å². The van der Waals surface area contributed by atoms with Crippen molar-refractivity contribution >= 4 is 12.1 Å². The Morgan fingerprint density at radius 2 is 1.54 bits per heavy atom. The van der Waals surface area contributed by atoms with E-state index in [9.17, 15) is 9.59 Å². The summed E-state index contributed by atoms with van der Waals surface area (Å²) in [5.41, 5.74) is 0. The van der Waals surface area contributed by atoms with Crippen LogP contribution in [0.4, 0.5) is 9.59 Å². The molecule has 0 aromatic heterocycles. The Morgan fingerprint density at radius 3 is 2.25 bits per heavy atom. The molecule has 1 saturated heterocycles. The monoisotopic (exact) mass is 337 g/mol. The number of hydrogen-bond acceptors (Lipinski definition) is 3. The first kappa shape index (κ1) is 17.4. The average molecular weight is 337 g/mol. The predicted octanol–water partition coefficient (Wildman–Crippen LogP) is 2.88. The molecule has 0 aromatic rings. The fourth-order valence-electron chi connectivity index (χ4n) is 4.75. The van der Waals surface area contributed by atoms with Gasteiger partial charge in [-0.15, -0.1) is 0 Å². The van der Waals surface area contributed by atoms with E-state index >= 15 is 0 Å². The molecule has 0 radical (unpaired) electrons. The highest BCUT2D eigenvalue weighted by molar-refractivity contribution is 5.74. The molecule has 136 valence electrons. The molecule has 3 atom stereocenters. The minimum atomic E-state index is -0.276. The van der Waals surface area contributed by atoms with E-state index in [1.807, 2.05) is 0 Å². The Hall–Kier alpha value is -1.46. The van der Waals surface area contributed by atoms with Crippen LogP contribution in [0.2, 0.25) is 0 Å². The Bertz CT molecular complexity index is 449. The van der Waals surface area contributed by atoms with Crippen LogP contribution < -0.4 is 10.6 Å². The molecule has 2 saturated carbocycles. The summed E-state index contributed by atoms with van der Waals surface area (Å²) in [5, 5.41) is 6.28. The van der Waals surface area contributed by atoms with Crippen molar-refractivity contribution in [1.29, 1.82) is 0 Å². The van der Waals surface area contributed by atoms with E-state index in [0.717, 1.165) is 37.5 Å². The van der Waals surface area contributed by atoms with E-state index in [1.54, 1.807) is 4.90 Å². The van der Waals surface area contributed by atoms with Crippen LogP contribution in [0.1, 0.15) is 57.8 Å². The molecule has 2 N–H and O–H groups in total. The van der Waals surface area contributed by atoms with E-state index < -0.39 is 0 Å². The van der Waals surface area contributed by atoms with Crippen molar-refractivity contribution in [2.24, 2.45) is 11.8 Å². The molecule has 0 aromatic carbocycles. The van der Waals surface area contributed by atoms with E-state index in [4.69, 9.17) is 4.74 Å². The SMILES string of the molecule is COC(=O)N1CCC(NC(=O)N[C@@H]2CC[C@H]3CCCC[C@H]3C2)CC1. The lowest BCUT2D eigenvalue weighted by Crippen LogP contribution is -2.52. The Kier molecular flexibility index (Phi) is 5.85. The van der Waals surface area contributed by atoms with Crippen molar-refractivity contribution in [2.45, 2.75) is 69.9 Å². The number of amides is 3. The van der Waals surface area contributed by atoms with Crippen molar-refractivity contribution in [1.82, 2.24) is 15.5 Å². The highest BCUT2D eigenvalue weighted by atomic mass is 16.5. The van der Waals surface area contributed by atoms with Gasteiger partial charge in [0.15, 0.2) is 0 Å². The summed E-state index contributed by atoms with van der Waals surface area (Å²) in [6, 6.07) is 0.446. The number of rotatable bonds is 2. The number of methoxy groups -OCH3 is 1. The Balaban J connectivity index is 1.38. The second kappa shape index (κ2) is 8.08. The molecule has 3 fully saturated rings. The minimum absolute atomic E-state index is 0.0363. The third-order valence-electron chi connectivity index (χ3n) is 6.14. The number of ether oxygens (including phenoxy) is 1. The predicted molar refractivity (Wildman–Crippen MR) is 91.8 cm³/mol. The summed E-state index contributed by atoms with van der Waals surface area (Å²) in [7, 11) is 1.40. The highest BCUT2D eigenvalue weighted by Crippen LogP contribution is 2.40. The Labute approximate surface area is 144 Å². The summed E-state index contributed by atoms with van der Waals surface area (Å²) in [6.07, 6.45) is 10.3. The van der Waals surface area contributed by atoms with Gasteiger partial charge in [0.25, 0.3) is 0 Å². The van der Waals surface area contributed by atoms with Crippen LogP contribution in [0, 0.1) is 11.8 Å². The third-order valence-corrected chi connectivity index (χ3v) is 6.14. The highest BCUT2D eigenvalue weighted by Gasteiger charge is 2.33. The molecule has 1 heterocycles. The maximum absolute atomic E-state index is 12.3. The van der Waals surface area contributed by atoms with E-state index in [0.29, 0.717) is 19.1 Å². The fourth-order valence-corrected chi connectivity index (χ4v) is 4.75. The topological polar surface area (TPSA) is 70.7 Å². The van der Waals surface area contributed by atoms with E-state index in [-0.39, 0.29) is 18.2 Å². The average Bonchev–Trinajstić information content (AvgIpc) is 2.61. The largest absolute Gasteiger partial charge is 0.453 e. The van der Waals surface area contributed by atoms with Gasteiger partial charge < -0.3 is 20.3 Å². The van der Waals surface area contributed by atoms with Crippen molar-refractivity contribution in [3.63, 3.8) is 0 Å². The lowest BCUT2D eigenvalue weighted by Gasteiger charge is -2.39. The molecule has 0 unspecified atom stereocenters. The molecule has 2 aliphatic carbocycles. The van der Waals surface area contributed by atoms with Crippen LogP contribution in [-0.2, 0) is 4.74 Å². The van der Waals surface area contributed by atoms with Gasteiger partial charge in [0.05, 0.1) is 7.11 Å². The molecule has 3 aliphatic rings. The smallest absolute Gasteiger partial charge is 0.409 e. The number of piperidine rings is 1. The standard InChI is InChI=1S/C18H31N3O3/c1-24-18(23)21-10-8-15(9-11-21)19-17(22)20-16-7-6-13-4-2-3-5-14(13)12-16/h13-16H,2-12H2,1H3,(H2,19,20,22)/t13-,14+,16-/m1/s1. The van der Waals surface area contributed by atoms with Crippen LogP contribution in [0.5, 0.6) is 0 Å². The molecule has 3 amide bonds. The van der Waals surface area contributed by atoms with E-state index in [2.05, 4.69) is 10.6 Å². The Morgan fingerprint density at radius 1 is 0.875 bits per heavy atom. The minimum Gasteiger partial charge on any atom is -0.453 e. The summed E-state index contributed by atoms with van der Waals surface area (Å²) >= 11 is 0. The molecule has 6 heteroatoms. The zero-order chi connectivity index (χ0) is 16.9. The molecular weight excluding hydrogens is 306 g/mol. The number of hydrogen-bond donors (Lipinski definition) is 2. The first-order valence-corrected chi connectivity index (χ1v) is 9.55. The maximum atomic E-state index is 12.3. The molecule has 0 bridgehead atoms. The first-order valence-electron chi connectivity index (χ1n) is 9.55. The van der Waals surface area contributed by atoms with Gasteiger partial charge in [0, 0.05) is 25.2 Å². The van der Waals surface area contributed by atoms with E-state index in [1.165, 1.54) is 39.2 Å². The summed E-state index contributed by atoms with van der Waals surface area (Å²) < 4.78 is 4.74. The van der Waals surface area contributed by atoms with Gasteiger partial charge >= 0.3 is 12.1 Å². The third kappa shape index (κ3) is 4.33. The molecule has 3 rings (SSSR count). The maximum Gasteiger partial charge on any atom is 0.409 e. The molecular formula is C18H31N3O3. The van der Waals surface area contributed by atoms with Crippen LogP contribution in [0.15, 0.2) is 0 Å². The number of fused-ring (bicyclic) bond motifs is 1. The van der Waals surface area contributed by atoms with Crippen molar-refractivity contribution in [2.75, 3.05) is 20.2 Å². The van der Waals surface area contributed by atoms with Gasteiger partial charge in [-0.05, 0) is 43.9 Å². The second-order valence-corrected chi connectivity index (χ2v) is 7.66. The second-order valence-electron chi connectivity index (χ2n) is 7.66. The molecule has 0 spiro atoms. The number of likely N-dealkylation sites (tertiary alicyclic amines) is 1. The molecule has 24 heavy (non-hydrogen) atoms. The number of urea groups is 1. The normalized spacial score (nSPS) is 31.0. The number of carbonyl (C=O) groups is 2. The van der Waals surface area contributed by atoms with Crippen LogP contribution in [0.25, 0.3) is 0 Å². The van der Waals surface area contributed by atoms with Gasteiger partial charge in [-0.1, -0.05) is 25.7 Å². The first-order chi connectivity index (χ1) is 11.7. The number of nitrogens with one attached hydrogen (secondary N) is 2. The van der Waals surface area contributed by atoms with Gasteiger partial charge in [0.2, 0.25) is 0 Å². The van der Waals surface area contributed by atoms with Crippen molar-refractivity contribution in [3.05, 3.63) is 0 Å². The van der Waals surface area contributed by atoms with Gasteiger partial charge in [-0.25, -0.2) is 9.59 Å². The van der Waals surface area contributed by atoms with Crippen LogP contribution >= 0.6 is 0 Å².